The average Bonchev–Trinajstić information content (AvgIpc) is 2.42. The fourth-order valence-electron chi connectivity index (χ4n) is 1.87. The second kappa shape index (κ2) is 6.23. The molecule has 0 unspecified atom stereocenters. The van der Waals surface area contributed by atoms with Gasteiger partial charge < -0.3 is 20.1 Å². The Bertz CT molecular complexity index is 508. The van der Waals surface area contributed by atoms with E-state index in [1.54, 1.807) is 0 Å². The van der Waals surface area contributed by atoms with Gasteiger partial charge in [0.15, 0.2) is 0 Å². The topological polar surface area (TPSA) is 64.8 Å². The number of benzene rings is 1. The molecule has 0 bridgehead atoms. The van der Waals surface area contributed by atoms with Crippen LogP contribution in [0.5, 0.6) is 5.75 Å². The normalized spacial score (nSPS) is 15.5. The van der Waals surface area contributed by atoms with E-state index < -0.39 is 12.5 Å². The Morgan fingerprint density at radius 1 is 1.40 bits per heavy atom. The lowest BCUT2D eigenvalue weighted by Crippen LogP contribution is -2.40. The molecule has 0 aromatic heterocycles. The van der Waals surface area contributed by atoms with Crippen molar-refractivity contribution >= 4 is 23.2 Å². The van der Waals surface area contributed by atoms with Crippen LogP contribution in [0.1, 0.15) is 10.4 Å². The van der Waals surface area contributed by atoms with Crippen molar-refractivity contribution in [3.8, 4) is 5.75 Å². The first kappa shape index (κ1) is 14.8. The van der Waals surface area contributed by atoms with Gasteiger partial charge in [0.1, 0.15) is 5.75 Å². The average molecular weight is 307 g/mol. The Hall–Kier alpha value is -1.60. The largest absolute Gasteiger partial charge is 0.434 e. The minimum absolute atomic E-state index is 0.0357. The number of rotatable bonds is 3. The van der Waals surface area contributed by atoms with Crippen LogP contribution in [-0.4, -0.2) is 43.7 Å². The van der Waals surface area contributed by atoms with Crippen molar-refractivity contribution in [1.29, 1.82) is 0 Å². The summed E-state index contributed by atoms with van der Waals surface area (Å²) in [6, 6.07) is 2.37. The molecule has 0 atom stereocenters. The van der Waals surface area contributed by atoms with Crippen LogP contribution >= 0.6 is 11.6 Å². The number of halogens is 3. The second-order valence-electron chi connectivity index (χ2n) is 4.15. The van der Waals surface area contributed by atoms with Crippen LogP contribution in [0.3, 0.4) is 0 Å². The van der Waals surface area contributed by atoms with E-state index in [0.29, 0.717) is 26.3 Å². The van der Waals surface area contributed by atoms with Crippen molar-refractivity contribution in [2.75, 3.05) is 32.0 Å². The summed E-state index contributed by atoms with van der Waals surface area (Å²) in [7, 11) is 0. The summed E-state index contributed by atoms with van der Waals surface area (Å²) in [5, 5.41) is 0.114. The lowest BCUT2D eigenvalue weighted by molar-refractivity contribution is -0.0503. The molecular weight excluding hydrogens is 294 g/mol. The number of ether oxygens (including phenoxy) is 2. The quantitative estimate of drug-likeness (QED) is 0.868. The molecule has 8 heteroatoms. The predicted molar refractivity (Wildman–Crippen MR) is 69.2 cm³/mol. The molecule has 2 rings (SSSR count). The summed E-state index contributed by atoms with van der Waals surface area (Å²) in [5.74, 6) is -0.718. The molecular formula is C12H13ClF2N2O3. The van der Waals surface area contributed by atoms with Crippen LogP contribution in [-0.2, 0) is 4.74 Å². The Morgan fingerprint density at radius 2 is 2.05 bits per heavy atom. The molecule has 0 spiro atoms. The Labute approximate surface area is 119 Å². The lowest BCUT2D eigenvalue weighted by Gasteiger charge is -2.27. The van der Waals surface area contributed by atoms with E-state index in [9.17, 15) is 13.6 Å². The fourth-order valence-corrected chi connectivity index (χ4v) is 2.03. The zero-order valence-corrected chi connectivity index (χ0v) is 11.2. The maximum atomic E-state index is 12.4. The lowest BCUT2D eigenvalue weighted by atomic mass is 10.1. The van der Waals surface area contributed by atoms with Gasteiger partial charge in [0.25, 0.3) is 5.91 Å². The number of alkyl halides is 2. The van der Waals surface area contributed by atoms with Gasteiger partial charge >= 0.3 is 6.61 Å². The Balaban J connectivity index is 2.32. The first-order valence-corrected chi connectivity index (χ1v) is 6.27. The van der Waals surface area contributed by atoms with Crippen molar-refractivity contribution in [3.05, 3.63) is 22.7 Å². The predicted octanol–water partition coefficient (Wildman–Crippen LogP) is 2.00. The summed E-state index contributed by atoms with van der Waals surface area (Å²) >= 11 is 5.84. The van der Waals surface area contributed by atoms with E-state index in [2.05, 4.69) is 4.74 Å². The van der Waals surface area contributed by atoms with Crippen LogP contribution in [0.15, 0.2) is 12.1 Å². The van der Waals surface area contributed by atoms with Crippen LogP contribution in [0.25, 0.3) is 0 Å². The number of nitrogens with zero attached hydrogens (tertiary/aromatic N) is 1. The zero-order chi connectivity index (χ0) is 14.7. The number of nitrogen functional groups attached to an aromatic ring is 1. The van der Waals surface area contributed by atoms with Gasteiger partial charge in [0, 0.05) is 19.2 Å². The van der Waals surface area contributed by atoms with Crippen LogP contribution in [0, 0.1) is 0 Å². The van der Waals surface area contributed by atoms with Crippen molar-refractivity contribution in [3.63, 3.8) is 0 Å². The van der Waals surface area contributed by atoms with Gasteiger partial charge in [-0.1, -0.05) is 11.6 Å². The molecule has 1 saturated heterocycles. The third-order valence-electron chi connectivity index (χ3n) is 2.84. The van der Waals surface area contributed by atoms with E-state index in [1.165, 1.54) is 11.0 Å². The molecule has 0 saturated carbocycles. The SMILES string of the molecule is Nc1cc(OC(F)F)c(C(=O)N2CCOCC2)cc1Cl. The summed E-state index contributed by atoms with van der Waals surface area (Å²) in [6.45, 7) is -1.48. The standard InChI is InChI=1S/C12H13ClF2N2O3/c13-8-5-7(10(6-9(8)16)20-12(14)15)11(18)17-1-3-19-4-2-17/h5-6,12H,1-4,16H2. The molecule has 0 radical (unpaired) electrons. The molecule has 1 heterocycles. The Morgan fingerprint density at radius 3 is 2.65 bits per heavy atom. The number of amides is 1. The molecule has 0 aliphatic carbocycles. The van der Waals surface area contributed by atoms with Gasteiger partial charge in [-0.05, 0) is 6.07 Å². The number of anilines is 1. The van der Waals surface area contributed by atoms with Crippen molar-refractivity contribution in [2.45, 2.75) is 6.61 Å². The highest BCUT2D eigenvalue weighted by Gasteiger charge is 2.24. The van der Waals surface area contributed by atoms with Gasteiger partial charge in [-0.3, -0.25) is 4.79 Å². The molecule has 1 aromatic carbocycles. The van der Waals surface area contributed by atoms with Gasteiger partial charge in [-0.2, -0.15) is 8.78 Å². The van der Waals surface area contributed by atoms with E-state index in [-0.39, 0.29) is 22.0 Å². The summed E-state index contributed by atoms with van der Waals surface area (Å²) < 4.78 is 34.3. The second-order valence-corrected chi connectivity index (χ2v) is 4.56. The maximum Gasteiger partial charge on any atom is 0.387 e. The smallest absolute Gasteiger partial charge is 0.387 e. The van der Waals surface area contributed by atoms with Crippen LogP contribution in [0.2, 0.25) is 5.02 Å². The highest BCUT2D eigenvalue weighted by molar-refractivity contribution is 6.33. The van der Waals surface area contributed by atoms with Crippen LogP contribution < -0.4 is 10.5 Å². The summed E-state index contributed by atoms with van der Waals surface area (Å²) in [5.41, 5.74) is 5.58. The zero-order valence-electron chi connectivity index (χ0n) is 10.4. The van der Waals surface area contributed by atoms with Gasteiger partial charge in [-0.25, -0.2) is 0 Å². The first-order valence-electron chi connectivity index (χ1n) is 5.90. The maximum absolute atomic E-state index is 12.4. The number of carbonyl (C=O) groups is 1. The minimum Gasteiger partial charge on any atom is -0.434 e. The number of hydrogen-bond donors (Lipinski definition) is 1. The third-order valence-corrected chi connectivity index (χ3v) is 3.17. The number of morpholine rings is 1. The van der Waals surface area contributed by atoms with Crippen molar-refractivity contribution in [1.82, 2.24) is 4.90 Å². The molecule has 1 aliphatic rings. The highest BCUT2D eigenvalue weighted by Crippen LogP contribution is 2.31. The summed E-state index contributed by atoms with van der Waals surface area (Å²) in [4.78, 5) is 13.8. The first-order chi connectivity index (χ1) is 9.49. The number of hydrogen-bond acceptors (Lipinski definition) is 4. The molecule has 1 amide bonds. The minimum atomic E-state index is -3.05. The van der Waals surface area contributed by atoms with Gasteiger partial charge in [-0.15, -0.1) is 0 Å². The molecule has 1 aliphatic heterocycles. The molecule has 1 fully saturated rings. The van der Waals surface area contributed by atoms with Crippen molar-refractivity contribution in [2.24, 2.45) is 0 Å². The number of nitrogens with two attached hydrogens (primary N) is 1. The Kier molecular flexibility index (Phi) is 4.61. The molecule has 2 N–H and O–H groups in total. The van der Waals surface area contributed by atoms with E-state index in [0.717, 1.165) is 6.07 Å². The van der Waals surface area contributed by atoms with E-state index in [4.69, 9.17) is 22.1 Å². The highest BCUT2D eigenvalue weighted by atomic mass is 35.5. The van der Waals surface area contributed by atoms with E-state index >= 15 is 0 Å². The fraction of sp³-hybridized carbons (Fsp3) is 0.417. The summed E-state index contributed by atoms with van der Waals surface area (Å²) in [6.07, 6.45) is 0. The molecule has 1 aromatic rings. The van der Waals surface area contributed by atoms with Gasteiger partial charge in [0.2, 0.25) is 0 Å². The molecule has 20 heavy (non-hydrogen) atoms. The third kappa shape index (κ3) is 3.29. The van der Waals surface area contributed by atoms with Crippen LogP contribution in [0.4, 0.5) is 14.5 Å². The van der Waals surface area contributed by atoms with E-state index in [1.807, 2.05) is 0 Å². The van der Waals surface area contributed by atoms with Gasteiger partial charge in [0.05, 0.1) is 29.5 Å². The monoisotopic (exact) mass is 306 g/mol. The molecule has 5 nitrogen and oxygen atoms in total. The number of carbonyl (C=O) groups excluding carboxylic acids is 1. The van der Waals surface area contributed by atoms with Crippen molar-refractivity contribution < 1.29 is 23.0 Å². The molecule has 110 valence electrons.